The first-order chi connectivity index (χ1) is 11.4. The van der Waals surface area contributed by atoms with Gasteiger partial charge in [-0.1, -0.05) is 13.8 Å². The van der Waals surface area contributed by atoms with E-state index in [9.17, 15) is 23.1 Å². The van der Waals surface area contributed by atoms with E-state index >= 15 is 0 Å². The fourth-order valence-electron chi connectivity index (χ4n) is 2.95. The maximum Gasteiger partial charge on any atom is 0.307 e. The zero-order valence-electron chi connectivity index (χ0n) is 14.7. The monoisotopic (exact) mass is 370 g/mol. The molecule has 1 aromatic carbocycles. The van der Waals surface area contributed by atoms with Crippen LogP contribution in [0.15, 0.2) is 23.1 Å². The highest BCUT2D eigenvalue weighted by Gasteiger charge is 2.65. The Morgan fingerprint density at radius 2 is 1.84 bits per heavy atom. The maximum absolute atomic E-state index is 12.5. The minimum absolute atomic E-state index is 0.00144. The fourth-order valence-corrected chi connectivity index (χ4v) is 3.88. The molecule has 25 heavy (non-hydrogen) atoms. The maximum atomic E-state index is 12.5. The van der Waals surface area contributed by atoms with Crippen LogP contribution in [0.4, 0.5) is 5.69 Å². The number of carboxylic acid groups (broad SMARTS) is 1. The van der Waals surface area contributed by atoms with Gasteiger partial charge in [0.15, 0.2) is 0 Å². The first-order valence-electron chi connectivity index (χ1n) is 7.58. The first-order valence-corrected chi connectivity index (χ1v) is 9.02. The lowest BCUT2D eigenvalue weighted by atomic mass is 10.1. The van der Waals surface area contributed by atoms with Crippen molar-refractivity contribution in [1.29, 1.82) is 0 Å². The van der Waals surface area contributed by atoms with Crippen molar-refractivity contribution < 1.29 is 27.9 Å². The summed E-state index contributed by atoms with van der Waals surface area (Å²) in [6.45, 7) is 3.42. The molecular weight excluding hydrogens is 348 g/mol. The Hall–Kier alpha value is -2.13. The number of nitrogens with zero attached hydrogens (tertiary/aromatic N) is 1. The molecule has 138 valence electrons. The number of amides is 1. The number of benzene rings is 1. The van der Waals surface area contributed by atoms with E-state index < -0.39 is 39.2 Å². The van der Waals surface area contributed by atoms with Gasteiger partial charge in [-0.25, -0.2) is 12.7 Å². The summed E-state index contributed by atoms with van der Waals surface area (Å²) in [7, 11) is 0.525. The molecule has 2 atom stereocenters. The van der Waals surface area contributed by atoms with Gasteiger partial charge in [-0.2, -0.15) is 0 Å². The van der Waals surface area contributed by atoms with Gasteiger partial charge in [0.1, 0.15) is 5.75 Å². The van der Waals surface area contributed by atoms with E-state index in [0.29, 0.717) is 0 Å². The van der Waals surface area contributed by atoms with E-state index in [4.69, 9.17) is 4.74 Å². The van der Waals surface area contributed by atoms with Crippen LogP contribution < -0.4 is 10.1 Å². The van der Waals surface area contributed by atoms with E-state index in [1.54, 1.807) is 13.8 Å². The lowest BCUT2D eigenvalue weighted by Gasteiger charge is -2.15. The Bertz CT molecular complexity index is 816. The zero-order valence-corrected chi connectivity index (χ0v) is 15.5. The van der Waals surface area contributed by atoms with E-state index in [-0.39, 0.29) is 16.3 Å². The van der Waals surface area contributed by atoms with Crippen molar-refractivity contribution >= 4 is 27.6 Å². The van der Waals surface area contributed by atoms with Crippen LogP contribution in [0.25, 0.3) is 0 Å². The number of methoxy groups -OCH3 is 1. The van der Waals surface area contributed by atoms with Crippen molar-refractivity contribution in [2.24, 2.45) is 17.3 Å². The Balaban J connectivity index is 2.33. The fraction of sp³-hybridized carbons (Fsp3) is 0.500. The summed E-state index contributed by atoms with van der Waals surface area (Å²) < 4.78 is 30.7. The molecule has 9 heteroatoms. The lowest BCUT2D eigenvalue weighted by Crippen LogP contribution is -2.23. The third-order valence-corrected chi connectivity index (χ3v) is 6.39. The largest absolute Gasteiger partial charge is 0.495 e. The third kappa shape index (κ3) is 3.34. The van der Waals surface area contributed by atoms with Gasteiger partial charge in [0.05, 0.1) is 29.5 Å². The van der Waals surface area contributed by atoms with Gasteiger partial charge in [-0.3, -0.25) is 9.59 Å². The lowest BCUT2D eigenvalue weighted by molar-refractivity contribution is -0.140. The normalized spacial score (nSPS) is 21.7. The summed E-state index contributed by atoms with van der Waals surface area (Å²) in [5, 5.41) is 11.8. The van der Waals surface area contributed by atoms with Crippen LogP contribution in [-0.4, -0.2) is 50.9 Å². The second-order valence-electron chi connectivity index (χ2n) is 6.75. The molecule has 1 aliphatic rings. The van der Waals surface area contributed by atoms with E-state index in [1.165, 1.54) is 39.4 Å². The molecule has 1 aliphatic carbocycles. The van der Waals surface area contributed by atoms with Crippen LogP contribution in [0.1, 0.15) is 13.8 Å². The molecule has 0 bridgehead atoms. The average molecular weight is 370 g/mol. The summed E-state index contributed by atoms with van der Waals surface area (Å²) in [5.41, 5.74) is -0.474. The molecule has 0 spiro atoms. The molecule has 0 aliphatic heterocycles. The number of carbonyl (C=O) groups is 2. The van der Waals surface area contributed by atoms with Crippen molar-refractivity contribution in [2.45, 2.75) is 18.7 Å². The van der Waals surface area contributed by atoms with Gasteiger partial charge in [0, 0.05) is 14.1 Å². The Morgan fingerprint density at radius 3 is 2.28 bits per heavy atom. The Labute approximate surface area is 146 Å². The summed E-state index contributed by atoms with van der Waals surface area (Å²) in [6, 6.07) is 4.13. The van der Waals surface area contributed by atoms with Crippen LogP contribution in [0.2, 0.25) is 0 Å². The molecular formula is C16H22N2O6S. The van der Waals surface area contributed by atoms with E-state index in [2.05, 4.69) is 5.32 Å². The Morgan fingerprint density at radius 1 is 1.24 bits per heavy atom. The smallest absolute Gasteiger partial charge is 0.307 e. The van der Waals surface area contributed by atoms with Gasteiger partial charge >= 0.3 is 5.97 Å². The number of rotatable bonds is 6. The number of aliphatic carboxylic acids is 1. The molecule has 0 unspecified atom stereocenters. The van der Waals surface area contributed by atoms with E-state index in [1.807, 2.05) is 0 Å². The minimum atomic E-state index is -3.68. The van der Waals surface area contributed by atoms with Crippen LogP contribution in [0.3, 0.4) is 0 Å². The number of carbonyl (C=O) groups excluding carboxylic acids is 1. The summed E-state index contributed by atoms with van der Waals surface area (Å²) in [4.78, 5) is 23.7. The number of ether oxygens (including phenoxy) is 1. The number of carboxylic acids is 1. The molecule has 0 saturated heterocycles. The number of anilines is 1. The van der Waals surface area contributed by atoms with Gasteiger partial charge in [-0.05, 0) is 23.6 Å². The van der Waals surface area contributed by atoms with Gasteiger partial charge in [-0.15, -0.1) is 0 Å². The van der Waals surface area contributed by atoms with Crippen molar-refractivity contribution in [1.82, 2.24) is 4.31 Å². The van der Waals surface area contributed by atoms with Gasteiger partial charge in [0.25, 0.3) is 0 Å². The molecule has 0 heterocycles. The molecule has 0 aromatic heterocycles. The van der Waals surface area contributed by atoms with Crippen molar-refractivity contribution in [3.05, 3.63) is 18.2 Å². The molecule has 2 rings (SSSR count). The van der Waals surface area contributed by atoms with Crippen molar-refractivity contribution in [2.75, 3.05) is 26.5 Å². The predicted molar refractivity (Wildman–Crippen MR) is 90.9 cm³/mol. The molecule has 8 nitrogen and oxygen atoms in total. The second kappa shape index (κ2) is 6.30. The van der Waals surface area contributed by atoms with Crippen LogP contribution in [0, 0.1) is 17.3 Å². The summed E-state index contributed by atoms with van der Waals surface area (Å²) in [6.07, 6.45) is 0. The minimum Gasteiger partial charge on any atom is -0.495 e. The SMILES string of the molecule is COc1ccc(S(=O)(=O)N(C)C)cc1NC(=O)[C@H]1[C@H](C(=O)O)C1(C)C. The number of sulfonamides is 1. The molecule has 2 N–H and O–H groups in total. The van der Waals surface area contributed by atoms with Gasteiger partial charge < -0.3 is 15.2 Å². The van der Waals surface area contributed by atoms with Crippen molar-refractivity contribution in [3.8, 4) is 5.75 Å². The molecule has 1 saturated carbocycles. The number of nitrogens with one attached hydrogen (secondary N) is 1. The molecule has 1 aromatic rings. The van der Waals surface area contributed by atoms with Crippen LogP contribution >= 0.6 is 0 Å². The highest BCUT2D eigenvalue weighted by Crippen LogP contribution is 2.58. The van der Waals surface area contributed by atoms with Crippen LogP contribution in [-0.2, 0) is 19.6 Å². The molecule has 1 fully saturated rings. The Kier molecular flexibility index (Phi) is 4.84. The summed E-state index contributed by atoms with van der Waals surface area (Å²) in [5.74, 6) is -2.68. The van der Waals surface area contributed by atoms with Crippen molar-refractivity contribution in [3.63, 3.8) is 0 Å². The topological polar surface area (TPSA) is 113 Å². The first kappa shape index (κ1) is 19.2. The second-order valence-corrected chi connectivity index (χ2v) is 8.91. The molecule has 1 amide bonds. The average Bonchev–Trinajstić information content (AvgIpc) is 3.10. The third-order valence-electron chi connectivity index (χ3n) is 4.58. The van der Waals surface area contributed by atoms with E-state index in [0.717, 1.165) is 4.31 Å². The zero-order chi connectivity index (χ0) is 19.2. The summed E-state index contributed by atoms with van der Waals surface area (Å²) >= 11 is 0. The quantitative estimate of drug-likeness (QED) is 0.779. The van der Waals surface area contributed by atoms with Gasteiger partial charge in [0.2, 0.25) is 15.9 Å². The highest BCUT2D eigenvalue weighted by atomic mass is 32.2. The van der Waals surface area contributed by atoms with Crippen LogP contribution in [0.5, 0.6) is 5.75 Å². The highest BCUT2D eigenvalue weighted by molar-refractivity contribution is 7.89. The standard InChI is InChI=1S/C16H22N2O6S/c1-16(2)12(13(16)15(20)21)14(19)17-10-8-9(6-7-11(10)24-5)25(22,23)18(3)4/h6-8,12-13H,1-5H3,(H,17,19)(H,20,21)/t12-,13-/m1/s1. The number of hydrogen-bond acceptors (Lipinski definition) is 5. The molecule has 0 radical (unpaired) electrons. The predicted octanol–water partition coefficient (Wildman–Crippen LogP) is 1.24. The number of hydrogen-bond donors (Lipinski definition) is 2.